The minimum absolute atomic E-state index is 0.536. The third-order valence-electron chi connectivity index (χ3n) is 4.58. The van der Waals surface area contributed by atoms with E-state index in [9.17, 15) is 0 Å². The van der Waals surface area contributed by atoms with Crippen LogP contribution in [0.4, 0.5) is 5.95 Å². The fraction of sp³-hybridized carbons (Fsp3) is 0.100. The topological polar surface area (TPSA) is 110 Å². The molecule has 0 spiro atoms. The molecule has 3 aromatic heterocycles. The predicted octanol–water partition coefficient (Wildman–Crippen LogP) is 2.65. The highest BCUT2D eigenvalue weighted by Crippen LogP contribution is 2.22. The Balaban J connectivity index is 1.36. The van der Waals surface area contributed by atoms with Crippen molar-refractivity contribution in [3.8, 4) is 17.2 Å². The maximum atomic E-state index is 4.63. The summed E-state index contributed by atoms with van der Waals surface area (Å²) in [7, 11) is 0. The van der Waals surface area contributed by atoms with Crippen molar-refractivity contribution >= 4 is 17.0 Å². The zero-order chi connectivity index (χ0) is 19.5. The molecule has 3 heterocycles. The summed E-state index contributed by atoms with van der Waals surface area (Å²) >= 11 is 0. The molecule has 0 saturated heterocycles. The van der Waals surface area contributed by atoms with E-state index in [0.717, 1.165) is 35.4 Å². The fourth-order valence-electron chi connectivity index (χ4n) is 3.15. The Morgan fingerprint density at radius 1 is 1.00 bits per heavy atom. The maximum absolute atomic E-state index is 4.63. The van der Waals surface area contributed by atoms with Gasteiger partial charge in [-0.1, -0.05) is 30.3 Å². The smallest absolute Gasteiger partial charge is 0.224 e. The molecule has 0 atom stereocenters. The Labute approximate surface area is 165 Å². The summed E-state index contributed by atoms with van der Waals surface area (Å²) < 4.78 is 1.93. The predicted molar refractivity (Wildman–Crippen MR) is 108 cm³/mol. The Morgan fingerprint density at radius 2 is 1.93 bits per heavy atom. The molecule has 5 aromatic rings. The van der Waals surface area contributed by atoms with Crippen molar-refractivity contribution in [1.29, 1.82) is 0 Å². The first kappa shape index (κ1) is 17.0. The number of benzene rings is 2. The molecule has 0 amide bonds. The molecule has 0 aliphatic rings. The van der Waals surface area contributed by atoms with Gasteiger partial charge in [0.05, 0.1) is 11.0 Å². The van der Waals surface area contributed by atoms with Crippen molar-refractivity contribution in [1.82, 2.24) is 40.1 Å². The zero-order valence-corrected chi connectivity index (χ0v) is 15.4. The van der Waals surface area contributed by atoms with Crippen molar-refractivity contribution in [2.45, 2.75) is 6.42 Å². The summed E-state index contributed by atoms with van der Waals surface area (Å²) in [6.07, 6.45) is 4.40. The van der Waals surface area contributed by atoms with Crippen molar-refractivity contribution in [2.24, 2.45) is 0 Å². The lowest BCUT2D eigenvalue weighted by atomic mass is 10.1. The van der Waals surface area contributed by atoms with Gasteiger partial charge in [-0.3, -0.25) is 4.57 Å². The molecule has 2 aromatic carbocycles. The van der Waals surface area contributed by atoms with E-state index < -0.39 is 0 Å². The number of aromatic nitrogens is 8. The Morgan fingerprint density at radius 3 is 2.79 bits per heavy atom. The third kappa shape index (κ3) is 3.53. The van der Waals surface area contributed by atoms with Crippen LogP contribution in [-0.4, -0.2) is 46.7 Å². The highest BCUT2D eigenvalue weighted by molar-refractivity contribution is 5.81. The average molecular weight is 383 g/mol. The maximum Gasteiger partial charge on any atom is 0.224 e. The summed E-state index contributed by atoms with van der Waals surface area (Å²) in [5, 5.41) is 17.4. The molecule has 0 bridgehead atoms. The van der Waals surface area contributed by atoms with Gasteiger partial charge in [0.25, 0.3) is 0 Å². The normalized spacial score (nSPS) is 11.0. The molecule has 9 heteroatoms. The van der Waals surface area contributed by atoms with E-state index >= 15 is 0 Å². The lowest BCUT2D eigenvalue weighted by Gasteiger charge is -2.08. The molecule has 0 fully saturated rings. The molecule has 0 aliphatic heterocycles. The molecule has 0 radical (unpaired) electrons. The Hall–Kier alpha value is -4.14. The standard InChI is InChI=1S/C20H17N9/c1-2-4-14(5-3-1)8-10-21-20-22-11-9-18(24-20)29-13-23-16-12-15(6-7-17(16)29)19-25-27-28-26-19/h1-7,9,11-13H,8,10H2,(H,21,22,24)(H,25,26,27,28). The lowest BCUT2D eigenvalue weighted by Crippen LogP contribution is -2.09. The van der Waals surface area contributed by atoms with E-state index in [2.05, 4.69) is 53.0 Å². The molecule has 142 valence electrons. The van der Waals surface area contributed by atoms with Gasteiger partial charge in [-0.25, -0.2) is 9.97 Å². The largest absolute Gasteiger partial charge is 0.354 e. The van der Waals surface area contributed by atoms with Crippen LogP contribution in [-0.2, 0) is 6.42 Å². The van der Waals surface area contributed by atoms with E-state index in [1.54, 1.807) is 12.5 Å². The number of rotatable bonds is 6. The lowest BCUT2D eigenvalue weighted by molar-refractivity contribution is 0.881. The van der Waals surface area contributed by atoms with E-state index in [4.69, 9.17) is 0 Å². The first-order chi connectivity index (χ1) is 14.4. The minimum Gasteiger partial charge on any atom is -0.354 e. The molecule has 2 N–H and O–H groups in total. The number of aromatic amines is 1. The van der Waals surface area contributed by atoms with Gasteiger partial charge in [-0.15, -0.1) is 10.2 Å². The number of H-pyrrole nitrogens is 1. The van der Waals surface area contributed by atoms with Gasteiger partial charge in [0.1, 0.15) is 12.1 Å². The van der Waals surface area contributed by atoms with E-state index in [1.807, 2.05) is 47.0 Å². The van der Waals surface area contributed by atoms with Crippen LogP contribution >= 0.6 is 0 Å². The quantitative estimate of drug-likeness (QED) is 0.464. The summed E-state index contributed by atoms with van der Waals surface area (Å²) in [4.78, 5) is 13.4. The second-order valence-corrected chi connectivity index (χ2v) is 6.45. The average Bonchev–Trinajstić information content (AvgIpc) is 3.44. The highest BCUT2D eigenvalue weighted by atomic mass is 15.5. The summed E-state index contributed by atoms with van der Waals surface area (Å²) in [5.41, 5.74) is 3.88. The summed E-state index contributed by atoms with van der Waals surface area (Å²) in [6, 6.07) is 18.0. The first-order valence-corrected chi connectivity index (χ1v) is 9.19. The molecule has 5 rings (SSSR count). The monoisotopic (exact) mass is 383 g/mol. The van der Waals surface area contributed by atoms with Gasteiger partial charge in [-0.2, -0.15) is 10.2 Å². The van der Waals surface area contributed by atoms with Crippen molar-refractivity contribution in [2.75, 3.05) is 11.9 Å². The Bertz CT molecular complexity index is 1230. The van der Waals surface area contributed by atoms with Gasteiger partial charge in [0.2, 0.25) is 11.8 Å². The van der Waals surface area contributed by atoms with Crippen molar-refractivity contribution in [3.63, 3.8) is 0 Å². The minimum atomic E-state index is 0.536. The van der Waals surface area contributed by atoms with Crippen LogP contribution in [0.2, 0.25) is 0 Å². The van der Waals surface area contributed by atoms with Crippen LogP contribution in [0.25, 0.3) is 28.2 Å². The second kappa shape index (κ2) is 7.47. The number of nitrogens with one attached hydrogen (secondary N) is 2. The van der Waals surface area contributed by atoms with Crippen molar-refractivity contribution in [3.05, 3.63) is 72.7 Å². The van der Waals surface area contributed by atoms with Crippen LogP contribution < -0.4 is 5.32 Å². The van der Waals surface area contributed by atoms with Gasteiger partial charge in [0.15, 0.2) is 0 Å². The first-order valence-electron chi connectivity index (χ1n) is 9.19. The number of imidazole rings is 1. The molecular weight excluding hydrogens is 366 g/mol. The number of nitrogens with zero attached hydrogens (tertiary/aromatic N) is 7. The number of tetrazole rings is 1. The van der Waals surface area contributed by atoms with Crippen LogP contribution in [0.1, 0.15) is 5.56 Å². The summed E-state index contributed by atoms with van der Waals surface area (Å²) in [5.74, 6) is 1.87. The number of hydrogen-bond donors (Lipinski definition) is 2. The summed E-state index contributed by atoms with van der Waals surface area (Å²) in [6.45, 7) is 0.756. The van der Waals surface area contributed by atoms with E-state index in [0.29, 0.717) is 11.8 Å². The third-order valence-corrected chi connectivity index (χ3v) is 4.58. The van der Waals surface area contributed by atoms with Gasteiger partial charge >= 0.3 is 0 Å². The molecule has 0 unspecified atom stereocenters. The second-order valence-electron chi connectivity index (χ2n) is 6.45. The van der Waals surface area contributed by atoms with Gasteiger partial charge in [0, 0.05) is 18.3 Å². The Kier molecular flexibility index (Phi) is 4.38. The zero-order valence-electron chi connectivity index (χ0n) is 15.4. The molecule has 29 heavy (non-hydrogen) atoms. The molecule has 0 aliphatic carbocycles. The molecule has 0 saturated carbocycles. The van der Waals surface area contributed by atoms with E-state index in [-0.39, 0.29) is 0 Å². The van der Waals surface area contributed by atoms with Crippen LogP contribution in [0, 0.1) is 0 Å². The molecular formula is C20H17N9. The fourth-order valence-corrected chi connectivity index (χ4v) is 3.15. The highest BCUT2D eigenvalue weighted by Gasteiger charge is 2.10. The van der Waals surface area contributed by atoms with E-state index in [1.165, 1.54) is 5.56 Å². The number of hydrogen-bond acceptors (Lipinski definition) is 7. The van der Waals surface area contributed by atoms with Crippen molar-refractivity contribution < 1.29 is 0 Å². The van der Waals surface area contributed by atoms with Crippen LogP contribution in [0.15, 0.2) is 67.1 Å². The van der Waals surface area contributed by atoms with Crippen LogP contribution in [0.5, 0.6) is 0 Å². The number of fused-ring (bicyclic) bond motifs is 1. The van der Waals surface area contributed by atoms with Crippen LogP contribution in [0.3, 0.4) is 0 Å². The van der Waals surface area contributed by atoms with Gasteiger partial charge < -0.3 is 5.32 Å². The van der Waals surface area contributed by atoms with Gasteiger partial charge in [-0.05, 0) is 41.5 Å². The number of anilines is 1. The molecule has 9 nitrogen and oxygen atoms in total. The SMILES string of the molecule is c1ccc(CCNc2nccc(-n3cnc4cc(-c5nn[nH]n5)ccc43)n2)cc1.